The number of carbonyl (C=O) groups is 1. The lowest BCUT2D eigenvalue weighted by Gasteiger charge is -2.20. The quantitative estimate of drug-likeness (QED) is 0.628. The Labute approximate surface area is 186 Å². The summed E-state index contributed by atoms with van der Waals surface area (Å²) in [4.78, 5) is 14.3. The lowest BCUT2D eigenvalue weighted by molar-refractivity contribution is -0.116. The van der Waals surface area contributed by atoms with Crippen LogP contribution in [-0.4, -0.2) is 25.8 Å². The van der Waals surface area contributed by atoms with E-state index in [2.05, 4.69) is 11.4 Å². The first-order valence-electron chi connectivity index (χ1n) is 10.0. The number of carbonyl (C=O) groups excluding carboxylic acids is 1. The number of sulfone groups is 1. The standard InChI is InChI=1S/C24H22N2O3S2/c1-31(28,29)18-12-13-19-20(15-25)24(30-21(19)14-18)26-23(27)22(16-8-4-2-5-9-16)17-10-6-3-7-11-17/h2-11,18,22H,12-14H2,1H3,(H,26,27)/t18-/m0/s1. The molecule has 2 aromatic carbocycles. The Kier molecular flexibility index (Phi) is 5.94. The first-order chi connectivity index (χ1) is 14.9. The predicted octanol–water partition coefficient (Wildman–Crippen LogP) is 4.29. The molecule has 0 radical (unpaired) electrons. The monoisotopic (exact) mass is 450 g/mol. The highest BCUT2D eigenvalue weighted by atomic mass is 32.2. The molecule has 3 aromatic rings. The van der Waals surface area contributed by atoms with Gasteiger partial charge < -0.3 is 5.32 Å². The topological polar surface area (TPSA) is 87.0 Å². The molecule has 1 N–H and O–H groups in total. The number of nitriles is 1. The van der Waals surface area contributed by atoms with E-state index in [1.165, 1.54) is 17.6 Å². The van der Waals surface area contributed by atoms with Crippen molar-refractivity contribution in [2.75, 3.05) is 11.6 Å². The van der Waals surface area contributed by atoms with Crippen LogP contribution in [0.25, 0.3) is 0 Å². The molecule has 158 valence electrons. The molecule has 7 heteroatoms. The van der Waals surface area contributed by atoms with Crippen LogP contribution in [0.15, 0.2) is 60.7 Å². The van der Waals surface area contributed by atoms with Crippen molar-refractivity contribution in [3.05, 3.63) is 87.8 Å². The van der Waals surface area contributed by atoms with Gasteiger partial charge in [-0.3, -0.25) is 4.79 Å². The Hall–Kier alpha value is -2.95. The highest BCUT2D eigenvalue weighted by Crippen LogP contribution is 2.39. The van der Waals surface area contributed by atoms with Gasteiger partial charge in [-0.05, 0) is 36.0 Å². The fourth-order valence-electron chi connectivity index (χ4n) is 4.10. The summed E-state index contributed by atoms with van der Waals surface area (Å²) in [6.45, 7) is 0. The van der Waals surface area contributed by atoms with Crippen LogP contribution in [0.3, 0.4) is 0 Å². The van der Waals surface area contributed by atoms with Crippen molar-refractivity contribution in [2.24, 2.45) is 0 Å². The van der Waals surface area contributed by atoms with Gasteiger partial charge in [-0.15, -0.1) is 11.3 Å². The molecule has 1 aliphatic carbocycles. The summed E-state index contributed by atoms with van der Waals surface area (Å²) in [5.74, 6) is -0.732. The van der Waals surface area contributed by atoms with Crippen molar-refractivity contribution >= 4 is 32.1 Å². The highest BCUT2D eigenvalue weighted by Gasteiger charge is 2.32. The molecule has 1 amide bonds. The van der Waals surface area contributed by atoms with Gasteiger partial charge in [-0.1, -0.05) is 60.7 Å². The SMILES string of the molecule is CS(=O)(=O)[C@H]1CCc2c(sc(NC(=O)C(c3ccccc3)c3ccccc3)c2C#N)C1. The van der Waals surface area contributed by atoms with E-state index in [1.807, 2.05) is 60.7 Å². The Morgan fingerprint density at radius 2 is 1.68 bits per heavy atom. The Bertz CT molecular complexity index is 1200. The Morgan fingerprint density at radius 1 is 1.10 bits per heavy atom. The largest absolute Gasteiger partial charge is 0.316 e. The number of amides is 1. The molecule has 1 aliphatic rings. The van der Waals surface area contributed by atoms with E-state index in [0.29, 0.717) is 29.8 Å². The normalized spacial score (nSPS) is 15.8. The van der Waals surface area contributed by atoms with E-state index < -0.39 is 21.0 Å². The van der Waals surface area contributed by atoms with E-state index in [9.17, 15) is 18.5 Å². The summed E-state index contributed by atoms with van der Waals surface area (Å²) in [5, 5.41) is 12.8. The molecule has 31 heavy (non-hydrogen) atoms. The predicted molar refractivity (Wildman–Crippen MR) is 123 cm³/mol. The highest BCUT2D eigenvalue weighted by molar-refractivity contribution is 7.91. The maximum absolute atomic E-state index is 13.4. The summed E-state index contributed by atoms with van der Waals surface area (Å²) in [6, 6.07) is 21.3. The second-order valence-electron chi connectivity index (χ2n) is 7.76. The summed E-state index contributed by atoms with van der Waals surface area (Å²) in [5.41, 5.74) is 3.06. The van der Waals surface area contributed by atoms with Crippen LogP contribution in [0.2, 0.25) is 0 Å². The van der Waals surface area contributed by atoms with Crippen molar-refractivity contribution in [3.63, 3.8) is 0 Å². The van der Waals surface area contributed by atoms with E-state index in [0.717, 1.165) is 21.6 Å². The van der Waals surface area contributed by atoms with Gasteiger partial charge in [-0.2, -0.15) is 5.26 Å². The van der Waals surface area contributed by atoms with Gasteiger partial charge in [0.15, 0.2) is 9.84 Å². The summed E-state index contributed by atoms with van der Waals surface area (Å²) in [6.07, 6.45) is 2.68. The number of benzene rings is 2. The number of nitrogens with zero attached hydrogens (tertiary/aromatic N) is 1. The smallest absolute Gasteiger partial charge is 0.237 e. The second kappa shape index (κ2) is 8.66. The number of rotatable bonds is 5. The number of hydrogen-bond acceptors (Lipinski definition) is 5. The number of anilines is 1. The molecular weight excluding hydrogens is 428 g/mol. The maximum atomic E-state index is 13.4. The van der Waals surface area contributed by atoms with Crippen molar-refractivity contribution in [1.29, 1.82) is 5.26 Å². The lowest BCUT2D eigenvalue weighted by atomic mass is 9.90. The summed E-state index contributed by atoms with van der Waals surface area (Å²) < 4.78 is 24.0. The molecule has 0 unspecified atom stereocenters. The summed E-state index contributed by atoms with van der Waals surface area (Å²) in [7, 11) is -3.15. The van der Waals surface area contributed by atoms with Gasteiger partial charge >= 0.3 is 0 Å². The van der Waals surface area contributed by atoms with E-state index in [1.54, 1.807) is 0 Å². The third-order valence-corrected chi connectivity index (χ3v) is 8.49. The molecule has 0 saturated heterocycles. The van der Waals surface area contributed by atoms with Crippen LogP contribution in [0, 0.1) is 11.3 Å². The zero-order valence-electron chi connectivity index (χ0n) is 17.0. The summed E-state index contributed by atoms with van der Waals surface area (Å²) >= 11 is 1.32. The van der Waals surface area contributed by atoms with Crippen LogP contribution in [-0.2, 0) is 27.5 Å². The number of fused-ring (bicyclic) bond motifs is 1. The minimum atomic E-state index is -3.15. The van der Waals surface area contributed by atoms with Crippen molar-refractivity contribution < 1.29 is 13.2 Å². The van der Waals surface area contributed by atoms with Gasteiger partial charge in [0.1, 0.15) is 11.1 Å². The van der Waals surface area contributed by atoms with Gasteiger partial charge in [0, 0.05) is 11.1 Å². The number of hydrogen-bond donors (Lipinski definition) is 1. The van der Waals surface area contributed by atoms with Crippen molar-refractivity contribution in [3.8, 4) is 6.07 Å². The van der Waals surface area contributed by atoms with Gasteiger partial charge in [0.2, 0.25) is 5.91 Å². The first kappa shape index (κ1) is 21.3. The second-order valence-corrected chi connectivity index (χ2v) is 11.2. The molecule has 0 aliphatic heterocycles. The van der Waals surface area contributed by atoms with Gasteiger partial charge in [0.25, 0.3) is 0 Å². The Balaban J connectivity index is 1.68. The lowest BCUT2D eigenvalue weighted by Crippen LogP contribution is -2.26. The van der Waals surface area contributed by atoms with Crippen molar-refractivity contribution in [1.82, 2.24) is 0 Å². The minimum Gasteiger partial charge on any atom is -0.316 e. The molecule has 1 heterocycles. The molecule has 5 nitrogen and oxygen atoms in total. The van der Waals surface area contributed by atoms with Crippen LogP contribution >= 0.6 is 11.3 Å². The van der Waals surface area contributed by atoms with Crippen molar-refractivity contribution in [2.45, 2.75) is 30.4 Å². The van der Waals surface area contributed by atoms with Gasteiger partial charge in [0.05, 0.1) is 16.7 Å². The average molecular weight is 451 g/mol. The molecule has 1 aromatic heterocycles. The number of nitrogens with one attached hydrogen (secondary N) is 1. The van der Waals surface area contributed by atoms with E-state index >= 15 is 0 Å². The zero-order valence-corrected chi connectivity index (χ0v) is 18.7. The maximum Gasteiger partial charge on any atom is 0.237 e. The molecular formula is C24H22N2O3S2. The minimum absolute atomic E-state index is 0.216. The third kappa shape index (κ3) is 4.41. The third-order valence-electron chi connectivity index (χ3n) is 5.70. The molecule has 0 bridgehead atoms. The van der Waals surface area contributed by atoms with Gasteiger partial charge in [-0.25, -0.2) is 8.42 Å². The van der Waals surface area contributed by atoms with E-state index in [-0.39, 0.29) is 5.91 Å². The van der Waals surface area contributed by atoms with Crippen LogP contribution in [0.1, 0.15) is 39.5 Å². The van der Waals surface area contributed by atoms with E-state index in [4.69, 9.17) is 0 Å². The molecule has 1 atom stereocenters. The van der Waals surface area contributed by atoms with Crippen LogP contribution < -0.4 is 5.32 Å². The fourth-order valence-corrected chi connectivity index (χ4v) is 6.50. The zero-order chi connectivity index (χ0) is 22.0. The molecule has 4 rings (SSSR count). The molecule has 0 fully saturated rings. The fraction of sp³-hybridized carbons (Fsp3) is 0.250. The first-order valence-corrected chi connectivity index (χ1v) is 12.8. The molecule has 0 saturated carbocycles. The average Bonchev–Trinajstić information content (AvgIpc) is 3.11. The molecule has 0 spiro atoms. The Morgan fingerprint density at radius 3 is 2.19 bits per heavy atom. The number of thiophene rings is 1. The van der Waals surface area contributed by atoms with Crippen LogP contribution in [0.5, 0.6) is 0 Å². The van der Waals surface area contributed by atoms with Crippen LogP contribution in [0.4, 0.5) is 5.00 Å².